The molecule has 0 aliphatic rings. The van der Waals surface area contributed by atoms with E-state index in [4.69, 9.17) is 0 Å². The lowest BCUT2D eigenvalue weighted by molar-refractivity contribution is 0.588. The quantitative estimate of drug-likeness (QED) is 0.695. The maximum absolute atomic E-state index is 12.5. The van der Waals surface area contributed by atoms with Gasteiger partial charge in [-0.3, -0.25) is 9.36 Å². The molecular formula is C16H18N4O3S. The number of rotatable bonds is 5. The summed E-state index contributed by atoms with van der Waals surface area (Å²) in [5, 5.41) is 4.71. The standard InChI is InChI=1S/C16H18N4O3S/c1-12-6-3-4-7-14(12)20-15-13(10-18-20)16(21)19(11-17-15)8-5-9-24(2,22)23/h3-4,6-7,10-11H,5,8-9H2,1-2H3. The second-order valence-corrected chi connectivity index (χ2v) is 8.07. The van der Waals surface area contributed by atoms with Crippen molar-refractivity contribution in [3.63, 3.8) is 0 Å². The SMILES string of the molecule is Cc1ccccc1-n1ncc2c(=O)n(CCCS(C)(=O)=O)cnc21. The highest BCUT2D eigenvalue weighted by Gasteiger charge is 2.13. The van der Waals surface area contributed by atoms with Crippen LogP contribution in [0.25, 0.3) is 16.7 Å². The van der Waals surface area contributed by atoms with Crippen molar-refractivity contribution in [2.75, 3.05) is 12.0 Å². The van der Waals surface area contributed by atoms with E-state index in [2.05, 4.69) is 10.1 Å². The van der Waals surface area contributed by atoms with Crippen LogP contribution in [0.1, 0.15) is 12.0 Å². The number of aromatic nitrogens is 4. The Morgan fingerprint density at radius 3 is 2.67 bits per heavy atom. The number of para-hydroxylation sites is 1. The van der Waals surface area contributed by atoms with E-state index in [0.717, 1.165) is 11.3 Å². The molecule has 0 bridgehead atoms. The summed E-state index contributed by atoms with van der Waals surface area (Å²) >= 11 is 0. The molecule has 0 fully saturated rings. The van der Waals surface area contributed by atoms with Crippen LogP contribution in [0, 0.1) is 6.92 Å². The summed E-state index contributed by atoms with van der Waals surface area (Å²) in [6.45, 7) is 2.28. The molecule has 1 aromatic carbocycles. The monoisotopic (exact) mass is 346 g/mol. The fraction of sp³-hybridized carbons (Fsp3) is 0.312. The lowest BCUT2D eigenvalue weighted by Gasteiger charge is -2.07. The lowest BCUT2D eigenvalue weighted by Crippen LogP contribution is -2.21. The zero-order chi connectivity index (χ0) is 17.3. The number of nitrogens with zero attached hydrogens (tertiary/aromatic N) is 4. The molecule has 7 nitrogen and oxygen atoms in total. The number of fused-ring (bicyclic) bond motifs is 1. The molecular weight excluding hydrogens is 328 g/mol. The van der Waals surface area contributed by atoms with Crippen molar-refractivity contribution in [2.24, 2.45) is 0 Å². The normalized spacial score (nSPS) is 11.9. The zero-order valence-corrected chi connectivity index (χ0v) is 14.3. The average Bonchev–Trinajstić information content (AvgIpc) is 2.93. The van der Waals surface area contributed by atoms with Gasteiger partial charge < -0.3 is 0 Å². The molecule has 0 atom stereocenters. The molecule has 0 spiro atoms. The summed E-state index contributed by atoms with van der Waals surface area (Å²) in [5.41, 5.74) is 2.18. The second kappa shape index (κ2) is 6.20. The molecule has 2 heterocycles. The van der Waals surface area contributed by atoms with Gasteiger partial charge in [0.05, 0.1) is 24.0 Å². The fourth-order valence-corrected chi connectivity index (χ4v) is 3.24. The van der Waals surface area contributed by atoms with E-state index in [0.29, 0.717) is 24.0 Å². The Morgan fingerprint density at radius 1 is 1.21 bits per heavy atom. The van der Waals surface area contributed by atoms with Crippen LogP contribution in [-0.4, -0.2) is 39.8 Å². The summed E-state index contributed by atoms with van der Waals surface area (Å²) < 4.78 is 25.5. The third-order valence-electron chi connectivity index (χ3n) is 3.81. The van der Waals surface area contributed by atoms with E-state index >= 15 is 0 Å². The van der Waals surface area contributed by atoms with Gasteiger partial charge in [0.2, 0.25) is 0 Å². The van der Waals surface area contributed by atoms with E-state index in [9.17, 15) is 13.2 Å². The largest absolute Gasteiger partial charge is 0.299 e. The van der Waals surface area contributed by atoms with E-state index in [1.165, 1.54) is 23.3 Å². The molecule has 8 heteroatoms. The van der Waals surface area contributed by atoms with Gasteiger partial charge in [0.25, 0.3) is 5.56 Å². The molecule has 2 aromatic heterocycles. The van der Waals surface area contributed by atoms with Crippen LogP contribution in [-0.2, 0) is 16.4 Å². The average molecular weight is 346 g/mol. The van der Waals surface area contributed by atoms with Gasteiger partial charge in [-0.2, -0.15) is 5.10 Å². The smallest absolute Gasteiger partial charge is 0.264 e. The Balaban J connectivity index is 1.97. The number of aryl methyl sites for hydroxylation is 2. The van der Waals surface area contributed by atoms with Gasteiger partial charge in [-0.1, -0.05) is 18.2 Å². The minimum Gasteiger partial charge on any atom is -0.299 e. The Labute approximate surface area is 139 Å². The minimum atomic E-state index is -3.04. The van der Waals surface area contributed by atoms with Crippen molar-refractivity contribution in [3.05, 3.63) is 52.7 Å². The van der Waals surface area contributed by atoms with Gasteiger partial charge >= 0.3 is 0 Å². The zero-order valence-electron chi connectivity index (χ0n) is 13.5. The highest BCUT2D eigenvalue weighted by molar-refractivity contribution is 7.90. The van der Waals surface area contributed by atoms with Crippen molar-refractivity contribution in [2.45, 2.75) is 19.9 Å². The fourth-order valence-electron chi connectivity index (χ4n) is 2.58. The van der Waals surface area contributed by atoms with Crippen molar-refractivity contribution in [1.29, 1.82) is 0 Å². The van der Waals surface area contributed by atoms with Crippen LogP contribution in [0.3, 0.4) is 0 Å². The molecule has 126 valence electrons. The van der Waals surface area contributed by atoms with Gasteiger partial charge in [-0.15, -0.1) is 0 Å². The highest BCUT2D eigenvalue weighted by atomic mass is 32.2. The molecule has 0 aliphatic heterocycles. The van der Waals surface area contributed by atoms with E-state index < -0.39 is 9.84 Å². The van der Waals surface area contributed by atoms with E-state index in [-0.39, 0.29) is 11.3 Å². The predicted octanol–water partition coefficient (Wildman–Crippen LogP) is 1.33. The van der Waals surface area contributed by atoms with Crippen LogP contribution in [0.4, 0.5) is 0 Å². The first-order valence-corrected chi connectivity index (χ1v) is 9.60. The second-order valence-electron chi connectivity index (χ2n) is 5.81. The Bertz CT molecular complexity index is 1050. The van der Waals surface area contributed by atoms with Crippen molar-refractivity contribution in [3.8, 4) is 5.69 Å². The third-order valence-corrected chi connectivity index (χ3v) is 4.84. The number of hydrogen-bond acceptors (Lipinski definition) is 5. The van der Waals surface area contributed by atoms with Gasteiger partial charge in [-0.05, 0) is 25.0 Å². The van der Waals surface area contributed by atoms with Crippen LogP contribution in [0.5, 0.6) is 0 Å². The first-order chi connectivity index (χ1) is 11.4. The maximum Gasteiger partial charge on any atom is 0.264 e. The molecule has 0 N–H and O–H groups in total. The first kappa shape index (κ1) is 16.4. The third kappa shape index (κ3) is 3.23. The highest BCUT2D eigenvalue weighted by Crippen LogP contribution is 2.16. The summed E-state index contributed by atoms with van der Waals surface area (Å²) in [6.07, 6.45) is 4.51. The molecule has 0 saturated carbocycles. The van der Waals surface area contributed by atoms with Gasteiger partial charge in [0.15, 0.2) is 5.65 Å². The summed E-state index contributed by atoms with van der Waals surface area (Å²) in [5.74, 6) is 0.0416. The first-order valence-electron chi connectivity index (χ1n) is 7.54. The molecule has 0 aliphatic carbocycles. The molecule has 3 rings (SSSR count). The number of hydrogen-bond donors (Lipinski definition) is 0. The van der Waals surface area contributed by atoms with Crippen molar-refractivity contribution < 1.29 is 8.42 Å². The van der Waals surface area contributed by atoms with Gasteiger partial charge in [-0.25, -0.2) is 18.1 Å². The van der Waals surface area contributed by atoms with E-state index in [1.54, 1.807) is 4.68 Å². The lowest BCUT2D eigenvalue weighted by atomic mass is 10.2. The summed E-state index contributed by atoms with van der Waals surface area (Å²) in [4.78, 5) is 16.9. The molecule has 0 radical (unpaired) electrons. The van der Waals surface area contributed by atoms with Crippen molar-refractivity contribution in [1.82, 2.24) is 19.3 Å². The van der Waals surface area contributed by atoms with Crippen LogP contribution < -0.4 is 5.56 Å². The Kier molecular flexibility index (Phi) is 4.23. The molecule has 24 heavy (non-hydrogen) atoms. The van der Waals surface area contributed by atoms with Gasteiger partial charge in [0.1, 0.15) is 15.2 Å². The topological polar surface area (TPSA) is 86.9 Å². The molecule has 0 amide bonds. The minimum absolute atomic E-state index is 0.0416. The van der Waals surface area contributed by atoms with Crippen LogP contribution >= 0.6 is 0 Å². The molecule has 0 unspecified atom stereocenters. The Hall–Kier alpha value is -2.48. The molecule has 0 saturated heterocycles. The summed E-state index contributed by atoms with van der Waals surface area (Å²) in [6, 6.07) is 7.73. The van der Waals surface area contributed by atoms with Gasteiger partial charge in [0, 0.05) is 12.8 Å². The maximum atomic E-state index is 12.5. The molecule has 3 aromatic rings. The van der Waals surface area contributed by atoms with Crippen molar-refractivity contribution >= 4 is 20.9 Å². The van der Waals surface area contributed by atoms with Crippen LogP contribution in [0.15, 0.2) is 41.6 Å². The number of sulfone groups is 1. The van der Waals surface area contributed by atoms with Crippen LogP contribution in [0.2, 0.25) is 0 Å². The Morgan fingerprint density at radius 2 is 1.96 bits per heavy atom. The van der Waals surface area contributed by atoms with E-state index in [1.807, 2.05) is 31.2 Å². The predicted molar refractivity (Wildman–Crippen MR) is 92.2 cm³/mol. The number of benzene rings is 1. The summed E-state index contributed by atoms with van der Waals surface area (Å²) in [7, 11) is -3.04.